The van der Waals surface area contributed by atoms with E-state index in [2.05, 4.69) is 5.32 Å². The quantitative estimate of drug-likeness (QED) is 0.534. The lowest BCUT2D eigenvalue weighted by molar-refractivity contribution is -0.146. The van der Waals surface area contributed by atoms with E-state index < -0.39 is 23.4 Å². The second-order valence-corrected chi connectivity index (χ2v) is 10.4. The van der Waals surface area contributed by atoms with Crippen LogP contribution in [0, 0.1) is 5.92 Å². The van der Waals surface area contributed by atoms with Gasteiger partial charge < -0.3 is 30.2 Å². The molecule has 3 rings (SSSR count). The van der Waals surface area contributed by atoms with Gasteiger partial charge in [-0.05, 0) is 69.6 Å². The lowest BCUT2D eigenvalue weighted by Gasteiger charge is -2.40. The standard InChI is InChI=1S/C27H41N3O6/c1-27(2,26(28)33)29-24(31)19-13-9-10-14-30(19)25(32)22(17-11-7-6-8-12-17)18-15-20(34-3)23(36-5)21(16-18)35-4/h15-17,19,22H,6-14H2,1-5H3,(H2,28,33)(H,29,31). The van der Waals surface area contributed by atoms with Gasteiger partial charge in [0.2, 0.25) is 23.5 Å². The SMILES string of the molecule is COc1cc(C(C(=O)N2CCCCC2C(=O)NC(C)(C)C(N)=O)C2CCCCC2)cc(OC)c1OC. The molecule has 0 radical (unpaired) electrons. The number of primary amides is 1. The molecule has 36 heavy (non-hydrogen) atoms. The first-order chi connectivity index (χ1) is 17.1. The fraction of sp³-hybridized carbons (Fsp3) is 0.667. The molecule has 1 heterocycles. The van der Waals surface area contributed by atoms with E-state index in [1.807, 2.05) is 12.1 Å². The number of hydrogen-bond donors (Lipinski definition) is 2. The third-order valence-corrected chi connectivity index (χ3v) is 7.57. The molecule has 2 fully saturated rings. The Balaban J connectivity index is 2.01. The zero-order valence-corrected chi connectivity index (χ0v) is 22.2. The van der Waals surface area contributed by atoms with Crippen LogP contribution in [-0.2, 0) is 14.4 Å². The number of likely N-dealkylation sites (tertiary alicyclic amines) is 1. The van der Waals surface area contributed by atoms with Crippen LogP contribution in [0.2, 0.25) is 0 Å². The highest BCUT2D eigenvalue weighted by atomic mass is 16.5. The monoisotopic (exact) mass is 503 g/mol. The van der Waals surface area contributed by atoms with Crippen LogP contribution in [0.3, 0.4) is 0 Å². The summed E-state index contributed by atoms with van der Waals surface area (Å²) >= 11 is 0. The lowest BCUT2D eigenvalue weighted by Crippen LogP contribution is -2.60. The van der Waals surface area contributed by atoms with Crippen LogP contribution in [0.15, 0.2) is 12.1 Å². The van der Waals surface area contributed by atoms with E-state index in [1.54, 1.807) is 40.1 Å². The molecule has 9 nitrogen and oxygen atoms in total. The van der Waals surface area contributed by atoms with Gasteiger partial charge in [0.15, 0.2) is 11.5 Å². The lowest BCUT2D eigenvalue weighted by atomic mass is 9.75. The molecule has 2 unspecified atom stereocenters. The zero-order chi connectivity index (χ0) is 26.5. The number of nitrogens with two attached hydrogens (primary N) is 1. The molecule has 0 spiro atoms. The Labute approximate surface area is 214 Å². The van der Waals surface area contributed by atoms with Gasteiger partial charge in [-0.15, -0.1) is 0 Å². The van der Waals surface area contributed by atoms with Crippen LogP contribution < -0.4 is 25.3 Å². The second kappa shape index (κ2) is 11.8. The minimum Gasteiger partial charge on any atom is -0.493 e. The maximum Gasteiger partial charge on any atom is 0.243 e. The number of nitrogens with one attached hydrogen (secondary N) is 1. The summed E-state index contributed by atoms with van der Waals surface area (Å²) in [5, 5.41) is 2.76. The number of benzene rings is 1. The second-order valence-electron chi connectivity index (χ2n) is 10.4. The molecule has 1 aliphatic heterocycles. The number of carbonyl (C=O) groups excluding carboxylic acids is 3. The number of rotatable bonds is 9. The van der Waals surface area contributed by atoms with Crippen LogP contribution in [0.25, 0.3) is 0 Å². The third kappa shape index (κ3) is 5.87. The van der Waals surface area contributed by atoms with E-state index in [1.165, 1.54) is 0 Å². The summed E-state index contributed by atoms with van der Waals surface area (Å²) in [6.45, 7) is 3.63. The number of hydrogen-bond acceptors (Lipinski definition) is 6. The number of ether oxygens (including phenoxy) is 3. The van der Waals surface area contributed by atoms with E-state index in [9.17, 15) is 14.4 Å². The van der Waals surface area contributed by atoms with Gasteiger partial charge in [0.05, 0.1) is 27.2 Å². The molecule has 9 heteroatoms. The number of amides is 3. The molecule has 0 bridgehead atoms. The molecule has 200 valence electrons. The van der Waals surface area contributed by atoms with Crippen molar-refractivity contribution in [3.05, 3.63) is 17.7 Å². The largest absolute Gasteiger partial charge is 0.493 e. The van der Waals surface area contributed by atoms with Gasteiger partial charge in [0, 0.05) is 6.54 Å². The van der Waals surface area contributed by atoms with Crippen LogP contribution in [0.1, 0.15) is 76.7 Å². The van der Waals surface area contributed by atoms with Crippen molar-refractivity contribution >= 4 is 17.7 Å². The van der Waals surface area contributed by atoms with Gasteiger partial charge in [-0.2, -0.15) is 0 Å². The summed E-state index contributed by atoms with van der Waals surface area (Å²) in [5.74, 6) is 0.114. The average Bonchev–Trinajstić information content (AvgIpc) is 2.88. The summed E-state index contributed by atoms with van der Waals surface area (Å²) in [6, 6.07) is 3.06. The van der Waals surface area contributed by atoms with E-state index >= 15 is 0 Å². The highest BCUT2D eigenvalue weighted by molar-refractivity contribution is 5.95. The van der Waals surface area contributed by atoms with Gasteiger partial charge in [0.25, 0.3) is 0 Å². The molecule has 1 saturated carbocycles. The van der Waals surface area contributed by atoms with E-state index in [0.29, 0.717) is 30.2 Å². The number of methoxy groups -OCH3 is 3. The van der Waals surface area contributed by atoms with Gasteiger partial charge in [0.1, 0.15) is 11.6 Å². The molecule has 1 aromatic carbocycles. The van der Waals surface area contributed by atoms with E-state index in [4.69, 9.17) is 19.9 Å². The smallest absolute Gasteiger partial charge is 0.243 e. The third-order valence-electron chi connectivity index (χ3n) is 7.57. The van der Waals surface area contributed by atoms with Crippen molar-refractivity contribution in [2.24, 2.45) is 11.7 Å². The molecular formula is C27H41N3O6. The summed E-state index contributed by atoms with van der Waals surface area (Å²) in [7, 11) is 4.67. The Kier molecular flexibility index (Phi) is 9.08. The Morgan fingerprint density at radius 2 is 1.53 bits per heavy atom. The Morgan fingerprint density at radius 1 is 0.944 bits per heavy atom. The highest BCUT2D eigenvalue weighted by Crippen LogP contribution is 2.45. The van der Waals surface area contributed by atoms with Crippen molar-refractivity contribution in [2.75, 3.05) is 27.9 Å². The van der Waals surface area contributed by atoms with Gasteiger partial charge in [-0.1, -0.05) is 19.3 Å². The molecule has 2 atom stereocenters. The maximum atomic E-state index is 14.3. The predicted molar refractivity (Wildman–Crippen MR) is 136 cm³/mol. The molecule has 1 saturated heterocycles. The Bertz CT molecular complexity index is 932. The molecule has 0 aromatic heterocycles. The van der Waals surface area contributed by atoms with Crippen molar-refractivity contribution in [3.8, 4) is 17.2 Å². The van der Waals surface area contributed by atoms with Crippen molar-refractivity contribution in [2.45, 2.75) is 82.7 Å². The molecule has 1 aromatic rings. The highest BCUT2D eigenvalue weighted by Gasteiger charge is 2.41. The number of carbonyl (C=O) groups is 3. The molecule has 2 aliphatic rings. The first-order valence-electron chi connectivity index (χ1n) is 12.9. The minimum atomic E-state index is -1.21. The summed E-state index contributed by atoms with van der Waals surface area (Å²) < 4.78 is 16.7. The topological polar surface area (TPSA) is 120 Å². The van der Waals surface area contributed by atoms with E-state index in [0.717, 1.165) is 50.5 Å². The van der Waals surface area contributed by atoms with Crippen LogP contribution >= 0.6 is 0 Å². The molecule has 1 aliphatic carbocycles. The van der Waals surface area contributed by atoms with Gasteiger partial charge >= 0.3 is 0 Å². The molecular weight excluding hydrogens is 462 g/mol. The molecule has 3 N–H and O–H groups in total. The Hall–Kier alpha value is -2.97. The van der Waals surface area contributed by atoms with Crippen molar-refractivity contribution < 1.29 is 28.6 Å². The fourth-order valence-electron chi connectivity index (χ4n) is 5.46. The van der Waals surface area contributed by atoms with Crippen LogP contribution in [0.4, 0.5) is 0 Å². The number of nitrogens with zero attached hydrogens (tertiary/aromatic N) is 1. The van der Waals surface area contributed by atoms with Crippen molar-refractivity contribution in [1.29, 1.82) is 0 Å². The van der Waals surface area contributed by atoms with Gasteiger partial charge in [-0.25, -0.2) is 0 Å². The first kappa shape index (κ1) is 27.6. The maximum absolute atomic E-state index is 14.3. The van der Waals surface area contributed by atoms with E-state index in [-0.39, 0.29) is 17.7 Å². The van der Waals surface area contributed by atoms with Crippen LogP contribution in [0.5, 0.6) is 17.2 Å². The van der Waals surface area contributed by atoms with Crippen LogP contribution in [-0.4, -0.2) is 62.1 Å². The first-order valence-corrected chi connectivity index (χ1v) is 12.9. The normalized spacial score (nSPS) is 19.8. The minimum absolute atomic E-state index is 0.0760. The average molecular weight is 504 g/mol. The molecule has 3 amide bonds. The fourth-order valence-corrected chi connectivity index (χ4v) is 5.46. The van der Waals surface area contributed by atoms with Gasteiger partial charge in [-0.3, -0.25) is 14.4 Å². The summed E-state index contributed by atoms with van der Waals surface area (Å²) in [4.78, 5) is 41.1. The summed E-state index contributed by atoms with van der Waals surface area (Å²) in [6.07, 6.45) is 7.35. The Morgan fingerprint density at radius 3 is 2.06 bits per heavy atom. The number of piperidine rings is 1. The predicted octanol–water partition coefficient (Wildman–Crippen LogP) is 3.14. The summed E-state index contributed by atoms with van der Waals surface area (Å²) in [5.41, 5.74) is 5.06. The zero-order valence-electron chi connectivity index (χ0n) is 22.2. The van der Waals surface area contributed by atoms with Crippen molar-refractivity contribution in [1.82, 2.24) is 10.2 Å². The van der Waals surface area contributed by atoms with Crippen molar-refractivity contribution in [3.63, 3.8) is 0 Å².